The fraction of sp³-hybridized carbons (Fsp3) is 0.815. The van der Waals surface area contributed by atoms with Gasteiger partial charge < -0.3 is 15.9 Å². The van der Waals surface area contributed by atoms with Gasteiger partial charge in [-0.2, -0.15) is 0 Å². The topological polar surface area (TPSA) is 83.5 Å². The highest BCUT2D eigenvalue weighted by Crippen LogP contribution is 2.50. The molecule has 4 N–H and O–H groups in total. The van der Waals surface area contributed by atoms with Crippen molar-refractivity contribution in [2.24, 2.45) is 23.5 Å². The van der Waals surface area contributed by atoms with E-state index in [9.17, 15) is 9.90 Å². The van der Waals surface area contributed by atoms with E-state index in [0.29, 0.717) is 6.42 Å². The van der Waals surface area contributed by atoms with Gasteiger partial charge in [0.1, 0.15) is 0 Å². The van der Waals surface area contributed by atoms with E-state index in [0.717, 1.165) is 62.8 Å². The zero-order chi connectivity index (χ0) is 23.4. The lowest BCUT2D eigenvalue weighted by molar-refractivity contribution is -0.137. The normalized spacial score (nSPS) is 24.9. The van der Waals surface area contributed by atoms with Crippen molar-refractivity contribution in [3.05, 3.63) is 22.4 Å². The summed E-state index contributed by atoms with van der Waals surface area (Å²) < 4.78 is 0. The first-order chi connectivity index (χ1) is 15.4. The summed E-state index contributed by atoms with van der Waals surface area (Å²) in [5, 5.41) is 21.9. The average Bonchev–Trinajstić information content (AvgIpc) is 3.35. The van der Waals surface area contributed by atoms with Gasteiger partial charge in [0.15, 0.2) is 0 Å². The van der Waals surface area contributed by atoms with Crippen LogP contribution in [0.5, 0.6) is 0 Å². The van der Waals surface area contributed by atoms with Crippen LogP contribution >= 0.6 is 11.3 Å². The molecule has 0 saturated heterocycles. The first-order valence-electron chi connectivity index (χ1n) is 13.1. The van der Waals surface area contributed by atoms with Crippen LogP contribution in [0.1, 0.15) is 109 Å². The Morgan fingerprint density at radius 2 is 1.91 bits per heavy atom. The highest BCUT2D eigenvalue weighted by atomic mass is 32.1. The van der Waals surface area contributed by atoms with Crippen molar-refractivity contribution < 1.29 is 15.0 Å². The molecule has 4 nitrogen and oxygen atoms in total. The monoisotopic (exact) mass is 465 g/mol. The summed E-state index contributed by atoms with van der Waals surface area (Å²) in [6, 6.07) is 4.34. The number of carbonyl (C=O) groups is 1. The largest absolute Gasteiger partial charge is 0.481 e. The number of carboxylic acid groups (broad SMARTS) is 1. The maximum absolute atomic E-state index is 11.0. The number of hydrogen-bond donors (Lipinski definition) is 3. The third-order valence-corrected chi connectivity index (χ3v) is 9.05. The summed E-state index contributed by atoms with van der Waals surface area (Å²) in [7, 11) is 0. The zero-order valence-corrected chi connectivity index (χ0v) is 21.3. The molecule has 5 heteroatoms. The van der Waals surface area contributed by atoms with Crippen LogP contribution in [0.2, 0.25) is 0 Å². The van der Waals surface area contributed by atoms with Gasteiger partial charge in [0, 0.05) is 16.7 Å². The Morgan fingerprint density at radius 3 is 2.50 bits per heavy atom. The summed E-state index contributed by atoms with van der Waals surface area (Å²) in [5.41, 5.74) is 4.91. The Kier molecular flexibility index (Phi) is 12.3. The molecule has 2 saturated carbocycles. The molecule has 0 aliphatic heterocycles. The van der Waals surface area contributed by atoms with Crippen molar-refractivity contribution in [2.75, 3.05) is 6.54 Å². The molecule has 2 aliphatic carbocycles. The Bertz CT molecular complexity index is 629. The SMILES string of the molecule is CCN.C[C@@H]1CC[C@H](CCCC(O)C2(c3cccs3)CCC2)C1CCCCCCC(=O)O. The van der Waals surface area contributed by atoms with Gasteiger partial charge in [-0.05, 0) is 74.3 Å². The second-order valence-corrected chi connectivity index (χ2v) is 11.1. The van der Waals surface area contributed by atoms with Crippen LogP contribution in [0.3, 0.4) is 0 Å². The maximum atomic E-state index is 11.0. The van der Waals surface area contributed by atoms with Crippen molar-refractivity contribution >= 4 is 17.3 Å². The van der Waals surface area contributed by atoms with Gasteiger partial charge in [0.05, 0.1) is 6.10 Å². The predicted molar refractivity (Wildman–Crippen MR) is 135 cm³/mol. The molecular weight excluding hydrogens is 418 g/mol. The van der Waals surface area contributed by atoms with Gasteiger partial charge in [-0.1, -0.05) is 64.9 Å². The van der Waals surface area contributed by atoms with Gasteiger partial charge in [0.2, 0.25) is 0 Å². The molecule has 0 radical (unpaired) electrons. The second-order valence-electron chi connectivity index (χ2n) is 10.2. The highest BCUT2D eigenvalue weighted by Gasteiger charge is 2.45. The van der Waals surface area contributed by atoms with Gasteiger partial charge in [-0.15, -0.1) is 11.3 Å². The fourth-order valence-corrected chi connectivity index (χ4v) is 7.01. The maximum Gasteiger partial charge on any atom is 0.303 e. The van der Waals surface area contributed by atoms with Gasteiger partial charge >= 0.3 is 5.97 Å². The standard InChI is InChI=1S/C25H40O3S.C2H7N/c1-19-14-15-20(21(19)10-4-2-3-5-13-24(27)28)9-6-11-22(26)25(16-8-17-25)23-12-7-18-29-23;1-2-3/h7,12,18-22,26H,2-6,8-11,13-17H2,1H3,(H,27,28);2-3H2,1H3/t19-,20+,21?,22?;/m1./s1. The van der Waals surface area contributed by atoms with Crippen molar-refractivity contribution in [1.29, 1.82) is 0 Å². The number of carboxylic acids is 1. The van der Waals surface area contributed by atoms with E-state index in [2.05, 4.69) is 24.4 Å². The lowest BCUT2D eigenvalue weighted by Gasteiger charge is -2.45. The fourth-order valence-electron chi connectivity index (χ4n) is 5.97. The summed E-state index contributed by atoms with van der Waals surface area (Å²) in [4.78, 5) is 12.0. The molecule has 2 unspecified atom stereocenters. The van der Waals surface area contributed by atoms with E-state index in [4.69, 9.17) is 10.8 Å². The molecule has 1 aromatic heterocycles. The second kappa shape index (κ2) is 14.4. The zero-order valence-electron chi connectivity index (χ0n) is 20.4. The smallest absolute Gasteiger partial charge is 0.303 e. The van der Waals surface area contributed by atoms with Crippen molar-refractivity contribution in [3.8, 4) is 0 Å². The summed E-state index contributed by atoms with van der Waals surface area (Å²) in [6.07, 6.45) is 15.4. The van der Waals surface area contributed by atoms with Crippen LogP contribution in [0.4, 0.5) is 0 Å². The third-order valence-electron chi connectivity index (χ3n) is 7.96. The van der Waals surface area contributed by atoms with E-state index in [1.54, 1.807) is 0 Å². The predicted octanol–water partition coefficient (Wildman–Crippen LogP) is 6.75. The molecule has 2 fully saturated rings. The molecule has 0 spiro atoms. The number of aliphatic hydroxyl groups is 1. The number of aliphatic carboxylic acids is 1. The van der Waals surface area contributed by atoms with Crippen LogP contribution in [-0.2, 0) is 10.2 Å². The van der Waals surface area contributed by atoms with E-state index >= 15 is 0 Å². The Morgan fingerprint density at radius 1 is 1.19 bits per heavy atom. The molecule has 2 aliphatic rings. The van der Waals surface area contributed by atoms with Crippen LogP contribution in [0, 0.1) is 17.8 Å². The summed E-state index contributed by atoms with van der Waals surface area (Å²) >= 11 is 1.82. The van der Waals surface area contributed by atoms with Crippen molar-refractivity contribution in [2.45, 2.75) is 115 Å². The minimum atomic E-state index is -0.667. The van der Waals surface area contributed by atoms with Crippen LogP contribution in [-0.4, -0.2) is 28.8 Å². The van der Waals surface area contributed by atoms with E-state index in [1.807, 2.05) is 18.3 Å². The molecule has 0 aromatic carbocycles. The number of aliphatic hydroxyl groups excluding tert-OH is 1. The molecule has 184 valence electrons. The van der Waals surface area contributed by atoms with Gasteiger partial charge in [0.25, 0.3) is 0 Å². The first-order valence-corrected chi connectivity index (χ1v) is 14.0. The lowest BCUT2D eigenvalue weighted by Crippen LogP contribution is -2.45. The number of rotatable bonds is 13. The quantitative estimate of drug-likeness (QED) is 0.281. The molecule has 1 aromatic rings. The molecule has 0 bridgehead atoms. The van der Waals surface area contributed by atoms with Crippen molar-refractivity contribution in [1.82, 2.24) is 0 Å². The number of thiophene rings is 1. The van der Waals surface area contributed by atoms with Crippen LogP contribution in [0.15, 0.2) is 17.5 Å². The first kappa shape index (κ1) is 27.3. The molecule has 4 atom stereocenters. The number of nitrogens with two attached hydrogens (primary N) is 1. The van der Waals surface area contributed by atoms with Gasteiger partial charge in [-0.3, -0.25) is 4.79 Å². The van der Waals surface area contributed by atoms with Crippen LogP contribution in [0.25, 0.3) is 0 Å². The third kappa shape index (κ3) is 7.85. The van der Waals surface area contributed by atoms with E-state index < -0.39 is 5.97 Å². The van der Waals surface area contributed by atoms with Crippen LogP contribution < -0.4 is 5.73 Å². The van der Waals surface area contributed by atoms with E-state index in [-0.39, 0.29) is 11.5 Å². The Labute approximate surface area is 200 Å². The molecular formula is C27H47NO3S. The Hall–Kier alpha value is -0.910. The molecule has 32 heavy (non-hydrogen) atoms. The van der Waals surface area contributed by atoms with E-state index in [1.165, 1.54) is 49.8 Å². The molecule has 1 heterocycles. The number of hydrogen-bond acceptors (Lipinski definition) is 4. The Balaban J connectivity index is 0.00000114. The minimum absolute atomic E-state index is 0.0620. The van der Waals surface area contributed by atoms with Crippen molar-refractivity contribution in [3.63, 3.8) is 0 Å². The molecule has 0 amide bonds. The molecule has 3 rings (SSSR count). The summed E-state index contributed by atoms with van der Waals surface area (Å²) in [5.74, 6) is 1.82. The average molecular weight is 466 g/mol. The number of unbranched alkanes of at least 4 members (excludes halogenated alkanes) is 3. The lowest BCUT2D eigenvalue weighted by atomic mass is 9.63. The minimum Gasteiger partial charge on any atom is -0.481 e. The summed E-state index contributed by atoms with van der Waals surface area (Å²) in [6.45, 7) is 5.07. The van der Waals surface area contributed by atoms with Gasteiger partial charge in [-0.25, -0.2) is 0 Å². The highest BCUT2D eigenvalue weighted by molar-refractivity contribution is 7.10.